The van der Waals surface area contributed by atoms with Crippen molar-refractivity contribution in [1.82, 2.24) is 4.90 Å². The number of morpholine rings is 1. The van der Waals surface area contributed by atoms with Gasteiger partial charge < -0.3 is 19.1 Å². The predicted octanol–water partition coefficient (Wildman–Crippen LogP) is 4.33. The van der Waals surface area contributed by atoms with Crippen LogP contribution >= 0.6 is 0 Å². The van der Waals surface area contributed by atoms with Gasteiger partial charge in [0.25, 0.3) is 5.91 Å². The van der Waals surface area contributed by atoms with Crippen molar-refractivity contribution in [3.05, 3.63) is 23.8 Å². The predicted molar refractivity (Wildman–Crippen MR) is 129 cm³/mol. The number of amides is 1. The van der Waals surface area contributed by atoms with E-state index >= 15 is 0 Å². The van der Waals surface area contributed by atoms with E-state index in [-0.39, 0.29) is 35.6 Å². The highest BCUT2D eigenvalue weighted by molar-refractivity contribution is 5.94. The summed E-state index contributed by atoms with van der Waals surface area (Å²) >= 11 is 0. The molecule has 4 atom stereocenters. The van der Waals surface area contributed by atoms with Crippen molar-refractivity contribution in [2.75, 3.05) is 26.8 Å². The van der Waals surface area contributed by atoms with Crippen LogP contribution < -0.4 is 9.47 Å². The molecule has 1 heterocycles. The monoisotopic (exact) mass is 455 g/mol. The fourth-order valence-corrected chi connectivity index (χ4v) is 5.74. The van der Waals surface area contributed by atoms with Crippen molar-refractivity contribution in [3.8, 4) is 11.5 Å². The molecule has 7 nitrogen and oxygen atoms in total. The van der Waals surface area contributed by atoms with Crippen LogP contribution in [0.3, 0.4) is 0 Å². The highest BCUT2D eigenvalue weighted by atomic mass is 16.5. The van der Waals surface area contributed by atoms with Crippen molar-refractivity contribution >= 4 is 17.8 Å². The molecule has 0 aromatic heterocycles. The molecule has 0 radical (unpaired) electrons. The number of benzene rings is 1. The average Bonchev–Trinajstić information content (AvgIpc) is 3.10. The summed E-state index contributed by atoms with van der Waals surface area (Å²) in [6.45, 7) is 12.1. The number of hydrogen-bond donors (Lipinski definition) is 0. The van der Waals surface area contributed by atoms with Crippen molar-refractivity contribution < 1.29 is 19.0 Å². The molecule has 4 rings (SSSR count). The van der Waals surface area contributed by atoms with E-state index < -0.39 is 0 Å². The third kappa shape index (κ3) is 4.52. The second-order valence-electron chi connectivity index (χ2n) is 10.5. The first-order valence-electron chi connectivity index (χ1n) is 12.0. The SMILES string of the molecule is COc1cc(/C=N\N=C2/C[C@H]3CC[C@@]2(C)C3(C)C)ccc1OCC(=O)N1C[C@@H](C)O[C@@H](C)C1. The zero-order chi connectivity index (χ0) is 23.8. The van der Waals surface area contributed by atoms with Gasteiger partial charge in [0.2, 0.25) is 0 Å². The molecule has 180 valence electrons. The Labute approximate surface area is 197 Å². The van der Waals surface area contributed by atoms with E-state index in [4.69, 9.17) is 14.2 Å². The summed E-state index contributed by atoms with van der Waals surface area (Å²) in [5, 5.41) is 9.03. The van der Waals surface area contributed by atoms with E-state index in [0.29, 0.717) is 30.5 Å². The molecule has 2 saturated carbocycles. The van der Waals surface area contributed by atoms with Crippen LogP contribution in [0.25, 0.3) is 0 Å². The lowest BCUT2D eigenvalue weighted by atomic mass is 9.70. The fraction of sp³-hybridized carbons (Fsp3) is 0.654. The highest BCUT2D eigenvalue weighted by Crippen LogP contribution is 2.64. The second kappa shape index (κ2) is 9.09. The lowest BCUT2D eigenvalue weighted by molar-refractivity contribution is -0.145. The summed E-state index contributed by atoms with van der Waals surface area (Å²) < 4.78 is 17.0. The van der Waals surface area contributed by atoms with Crippen molar-refractivity contribution in [1.29, 1.82) is 0 Å². The number of carbonyl (C=O) groups excluding carboxylic acids is 1. The van der Waals surface area contributed by atoms with E-state index in [1.165, 1.54) is 18.6 Å². The summed E-state index contributed by atoms with van der Waals surface area (Å²) in [6, 6.07) is 5.57. The number of ether oxygens (including phenoxy) is 3. The van der Waals surface area contributed by atoms with Crippen LogP contribution in [0.1, 0.15) is 59.4 Å². The van der Waals surface area contributed by atoms with Crippen molar-refractivity contribution in [2.45, 2.75) is 66.1 Å². The van der Waals surface area contributed by atoms with Gasteiger partial charge in [-0.3, -0.25) is 4.79 Å². The molecule has 1 saturated heterocycles. The first-order valence-corrected chi connectivity index (χ1v) is 12.0. The topological polar surface area (TPSA) is 72.7 Å². The van der Waals surface area contributed by atoms with E-state index in [2.05, 4.69) is 31.0 Å². The Bertz CT molecular complexity index is 947. The molecule has 0 unspecified atom stereocenters. The molecular weight excluding hydrogens is 418 g/mol. The Morgan fingerprint density at radius 3 is 2.55 bits per heavy atom. The Hall–Kier alpha value is -2.41. The molecular formula is C26H37N3O4. The number of methoxy groups -OCH3 is 1. The van der Waals surface area contributed by atoms with Gasteiger partial charge in [0.05, 0.1) is 25.5 Å². The summed E-state index contributed by atoms with van der Waals surface area (Å²) in [7, 11) is 1.59. The van der Waals surface area contributed by atoms with Crippen LogP contribution in [-0.4, -0.2) is 61.7 Å². The Morgan fingerprint density at radius 2 is 1.94 bits per heavy atom. The molecule has 0 N–H and O–H groups in total. The van der Waals surface area contributed by atoms with Crippen molar-refractivity contribution in [3.63, 3.8) is 0 Å². The zero-order valence-electron chi connectivity index (χ0n) is 20.8. The Morgan fingerprint density at radius 1 is 1.21 bits per heavy atom. The zero-order valence-corrected chi connectivity index (χ0v) is 20.8. The third-order valence-electron chi connectivity index (χ3n) is 8.21. The molecule has 3 fully saturated rings. The number of nitrogens with zero attached hydrogens (tertiary/aromatic N) is 3. The van der Waals surface area contributed by atoms with Crippen LogP contribution in [0.4, 0.5) is 0 Å². The molecule has 1 aromatic rings. The molecule has 7 heteroatoms. The van der Waals surface area contributed by atoms with Gasteiger partial charge >= 0.3 is 0 Å². The van der Waals surface area contributed by atoms with E-state index in [9.17, 15) is 4.79 Å². The largest absolute Gasteiger partial charge is 0.493 e. The van der Waals surface area contributed by atoms with Gasteiger partial charge in [-0.05, 0) is 68.2 Å². The van der Waals surface area contributed by atoms with Crippen LogP contribution in [0.15, 0.2) is 28.4 Å². The van der Waals surface area contributed by atoms with Gasteiger partial charge in [-0.15, -0.1) is 0 Å². The van der Waals surface area contributed by atoms with Crippen LogP contribution in [0, 0.1) is 16.7 Å². The maximum atomic E-state index is 12.6. The summed E-state index contributed by atoms with van der Waals surface area (Å²) in [6.07, 6.45) is 5.34. The molecule has 0 spiro atoms. The molecule has 3 aliphatic rings. The molecule has 1 amide bonds. The van der Waals surface area contributed by atoms with Crippen LogP contribution in [-0.2, 0) is 9.53 Å². The van der Waals surface area contributed by atoms with E-state index in [1.54, 1.807) is 18.2 Å². The minimum absolute atomic E-state index is 0.0300. The lowest BCUT2D eigenvalue weighted by Gasteiger charge is -2.35. The van der Waals surface area contributed by atoms with E-state index in [1.807, 2.05) is 32.0 Å². The summed E-state index contributed by atoms with van der Waals surface area (Å²) in [5.74, 6) is 1.75. The fourth-order valence-electron chi connectivity index (χ4n) is 5.74. The smallest absolute Gasteiger partial charge is 0.260 e. The first kappa shape index (κ1) is 23.7. The first-order chi connectivity index (χ1) is 15.6. The normalized spacial score (nSPS) is 32.0. The second-order valence-corrected chi connectivity index (χ2v) is 10.5. The van der Waals surface area contributed by atoms with Crippen LogP contribution in [0.2, 0.25) is 0 Å². The summed E-state index contributed by atoms with van der Waals surface area (Å²) in [4.78, 5) is 14.4. The standard InChI is InChI=1S/C26H37N3O4/c1-17-14-29(15-18(2)33-17)24(30)16-32-21-8-7-19(11-22(21)31-6)13-27-28-23-12-20-9-10-26(23,5)25(20,3)4/h7-8,11,13,17-18,20H,9-10,12,14-16H2,1-6H3/b27-13-,28-23+/t17-,18+,20-,26-/m1/s1. The maximum Gasteiger partial charge on any atom is 0.260 e. The molecule has 33 heavy (non-hydrogen) atoms. The Kier molecular flexibility index (Phi) is 6.54. The average molecular weight is 456 g/mol. The van der Waals surface area contributed by atoms with Crippen molar-refractivity contribution in [2.24, 2.45) is 27.0 Å². The van der Waals surface area contributed by atoms with Crippen LogP contribution in [0.5, 0.6) is 11.5 Å². The Balaban J connectivity index is 1.39. The molecule has 2 bridgehead atoms. The number of carbonyl (C=O) groups is 1. The number of rotatable bonds is 6. The quantitative estimate of drug-likeness (QED) is 0.473. The van der Waals surface area contributed by atoms with E-state index in [0.717, 1.165) is 12.0 Å². The van der Waals surface area contributed by atoms with Gasteiger partial charge in [0, 0.05) is 24.2 Å². The third-order valence-corrected chi connectivity index (χ3v) is 8.21. The highest BCUT2D eigenvalue weighted by Gasteiger charge is 2.60. The van der Waals surface area contributed by atoms with Gasteiger partial charge in [-0.25, -0.2) is 0 Å². The van der Waals surface area contributed by atoms with Gasteiger partial charge in [-0.2, -0.15) is 10.2 Å². The molecule has 1 aromatic carbocycles. The van der Waals surface area contributed by atoms with Gasteiger partial charge in [0.15, 0.2) is 18.1 Å². The lowest BCUT2D eigenvalue weighted by Crippen LogP contribution is -2.49. The summed E-state index contributed by atoms with van der Waals surface area (Å²) in [5.41, 5.74) is 2.53. The minimum Gasteiger partial charge on any atom is -0.493 e. The van der Waals surface area contributed by atoms with Gasteiger partial charge in [-0.1, -0.05) is 20.8 Å². The van der Waals surface area contributed by atoms with Gasteiger partial charge in [0.1, 0.15) is 0 Å². The molecule has 2 aliphatic carbocycles. The maximum absolute atomic E-state index is 12.6. The number of fused-ring (bicyclic) bond motifs is 2. The minimum atomic E-state index is -0.0530. The molecule has 1 aliphatic heterocycles. The number of hydrogen-bond acceptors (Lipinski definition) is 6.